The van der Waals surface area contributed by atoms with E-state index in [0.29, 0.717) is 22.8 Å². The fourth-order valence-corrected chi connectivity index (χ4v) is 3.06. The second kappa shape index (κ2) is 8.74. The highest BCUT2D eigenvalue weighted by Crippen LogP contribution is 2.37. The van der Waals surface area contributed by atoms with Gasteiger partial charge in [-0.3, -0.25) is 9.59 Å². The molecule has 4 rings (SSSR count). The maximum Gasteiger partial charge on any atom is 0.273 e. The molecule has 1 aliphatic carbocycles. The summed E-state index contributed by atoms with van der Waals surface area (Å²) in [7, 11) is 3.05. The molecule has 10 nitrogen and oxygen atoms in total. The van der Waals surface area contributed by atoms with Gasteiger partial charge in [0.25, 0.3) is 5.91 Å². The Morgan fingerprint density at radius 1 is 1.06 bits per heavy atom. The summed E-state index contributed by atoms with van der Waals surface area (Å²) < 4.78 is 5.63. The van der Waals surface area contributed by atoms with E-state index >= 15 is 0 Å². The molecule has 2 amide bonds. The molecule has 3 N–H and O–H groups in total. The molecule has 0 aliphatic heterocycles. The number of anilines is 3. The first-order valence-corrected chi connectivity index (χ1v) is 9.73. The summed E-state index contributed by atoms with van der Waals surface area (Å²) >= 11 is 0. The maximum absolute atomic E-state index is 12.3. The van der Waals surface area contributed by atoms with Gasteiger partial charge in [0.05, 0.1) is 24.2 Å². The number of methoxy groups -OCH3 is 1. The molecule has 1 saturated carbocycles. The van der Waals surface area contributed by atoms with Crippen molar-refractivity contribution in [1.29, 1.82) is 0 Å². The Morgan fingerprint density at radius 2 is 1.90 bits per heavy atom. The predicted octanol–water partition coefficient (Wildman–Crippen LogP) is 2.39. The van der Waals surface area contributed by atoms with Gasteiger partial charge in [-0.2, -0.15) is 10.2 Å². The number of rotatable bonds is 7. The Bertz CT molecular complexity index is 1120. The van der Waals surface area contributed by atoms with Crippen molar-refractivity contribution < 1.29 is 14.3 Å². The van der Waals surface area contributed by atoms with Crippen LogP contribution in [0.1, 0.15) is 23.3 Å². The van der Waals surface area contributed by atoms with Gasteiger partial charge in [0.1, 0.15) is 0 Å². The van der Waals surface area contributed by atoms with Crippen LogP contribution in [0.5, 0.6) is 5.75 Å². The molecule has 0 atom stereocenters. The Labute approximate surface area is 178 Å². The van der Waals surface area contributed by atoms with Gasteiger partial charge < -0.3 is 20.7 Å². The quantitative estimate of drug-likeness (QED) is 0.532. The van der Waals surface area contributed by atoms with E-state index in [1.165, 1.54) is 7.05 Å². The molecule has 1 aliphatic rings. The van der Waals surface area contributed by atoms with E-state index < -0.39 is 5.91 Å². The Morgan fingerprint density at radius 3 is 2.58 bits per heavy atom. The van der Waals surface area contributed by atoms with Crippen LogP contribution < -0.4 is 20.7 Å². The van der Waals surface area contributed by atoms with Crippen molar-refractivity contribution in [1.82, 2.24) is 25.7 Å². The number of nitrogens with one attached hydrogen (secondary N) is 3. The second-order valence-corrected chi connectivity index (χ2v) is 6.95. The monoisotopic (exact) mass is 419 g/mol. The smallest absolute Gasteiger partial charge is 0.273 e. The predicted molar refractivity (Wildman–Crippen MR) is 114 cm³/mol. The fraction of sp³-hybridized carbons (Fsp3) is 0.238. The first-order chi connectivity index (χ1) is 15.1. The average Bonchev–Trinajstić information content (AvgIpc) is 3.65. The van der Waals surface area contributed by atoms with Crippen molar-refractivity contribution in [3.05, 3.63) is 48.3 Å². The molecule has 0 spiro atoms. The van der Waals surface area contributed by atoms with Gasteiger partial charge in [-0.15, -0.1) is 10.2 Å². The second-order valence-electron chi connectivity index (χ2n) is 6.95. The topological polar surface area (TPSA) is 131 Å². The molecule has 3 aromatic rings. The largest absolute Gasteiger partial charge is 0.494 e. The minimum Gasteiger partial charge on any atom is -0.494 e. The number of para-hydroxylation sites is 1. The number of amides is 2. The SMILES string of the molecule is CNC(=O)c1nnc(NC(=O)C2CC2)cc1Nc1cccc(-c2cccnn2)c1OC. The third-order valence-corrected chi connectivity index (χ3v) is 4.77. The van der Waals surface area contributed by atoms with Crippen LogP contribution in [0.3, 0.4) is 0 Å². The van der Waals surface area contributed by atoms with E-state index in [2.05, 4.69) is 36.3 Å². The van der Waals surface area contributed by atoms with E-state index in [4.69, 9.17) is 4.74 Å². The normalized spacial score (nSPS) is 12.7. The molecule has 2 aromatic heterocycles. The molecule has 31 heavy (non-hydrogen) atoms. The van der Waals surface area contributed by atoms with Crippen LogP contribution in [0, 0.1) is 5.92 Å². The van der Waals surface area contributed by atoms with Crippen LogP contribution in [0.4, 0.5) is 17.2 Å². The number of hydrogen-bond donors (Lipinski definition) is 3. The lowest BCUT2D eigenvalue weighted by Gasteiger charge is -2.16. The van der Waals surface area contributed by atoms with E-state index in [9.17, 15) is 9.59 Å². The number of carbonyl (C=O) groups excluding carboxylic acids is 2. The molecule has 2 heterocycles. The third-order valence-electron chi connectivity index (χ3n) is 4.77. The van der Waals surface area contributed by atoms with Crippen molar-refractivity contribution in [3.8, 4) is 17.0 Å². The summed E-state index contributed by atoms with van der Waals surface area (Å²) in [5.74, 6) is 0.275. The Hall–Kier alpha value is -4.08. The third kappa shape index (κ3) is 4.42. The van der Waals surface area contributed by atoms with Gasteiger partial charge in [-0.05, 0) is 37.1 Å². The van der Waals surface area contributed by atoms with Crippen molar-refractivity contribution in [2.45, 2.75) is 12.8 Å². The first kappa shape index (κ1) is 20.2. The number of carbonyl (C=O) groups is 2. The highest BCUT2D eigenvalue weighted by molar-refractivity contribution is 6.00. The molecular weight excluding hydrogens is 398 g/mol. The van der Waals surface area contributed by atoms with Gasteiger partial charge in [0.2, 0.25) is 5.91 Å². The number of hydrogen-bond acceptors (Lipinski definition) is 8. The van der Waals surface area contributed by atoms with Crippen molar-refractivity contribution in [3.63, 3.8) is 0 Å². The van der Waals surface area contributed by atoms with Crippen LogP contribution in [0.15, 0.2) is 42.6 Å². The van der Waals surface area contributed by atoms with Crippen LogP contribution in [-0.2, 0) is 4.79 Å². The molecular formula is C21H21N7O3. The summed E-state index contributed by atoms with van der Waals surface area (Å²) in [4.78, 5) is 24.4. The Balaban J connectivity index is 1.71. The Kier molecular flexibility index (Phi) is 5.69. The zero-order chi connectivity index (χ0) is 21.8. The highest BCUT2D eigenvalue weighted by atomic mass is 16.5. The van der Waals surface area contributed by atoms with Crippen LogP contribution in [-0.4, -0.2) is 46.4 Å². The van der Waals surface area contributed by atoms with Crippen molar-refractivity contribution in [2.24, 2.45) is 5.92 Å². The van der Waals surface area contributed by atoms with E-state index in [-0.39, 0.29) is 23.3 Å². The van der Waals surface area contributed by atoms with Crippen LogP contribution >= 0.6 is 0 Å². The summed E-state index contributed by atoms with van der Waals surface area (Å²) in [5.41, 5.74) is 2.41. The van der Waals surface area contributed by atoms with E-state index in [1.807, 2.05) is 18.2 Å². The molecule has 10 heteroatoms. The van der Waals surface area contributed by atoms with E-state index in [0.717, 1.165) is 18.4 Å². The van der Waals surface area contributed by atoms with Gasteiger partial charge in [-0.25, -0.2) is 0 Å². The molecule has 0 bridgehead atoms. The summed E-state index contributed by atoms with van der Waals surface area (Å²) in [6.45, 7) is 0. The lowest BCUT2D eigenvalue weighted by molar-refractivity contribution is -0.117. The number of nitrogens with zero attached hydrogens (tertiary/aromatic N) is 4. The highest BCUT2D eigenvalue weighted by Gasteiger charge is 2.30. The molecule has 0 saturated heterocycles. The number of aromatic nitrogens is 4. The molecule has 0 unspecified atom stereocenters. The summed E-state index contributed by atoms with van der Waals surface area (Å²) in [6, 6.07) is 10.7. The molecule has 1 aromatic carbocycles. The van der Waals surface area contributed by atoms with Gasteiger partial charge in [0, 0.05) is 30.8 Å². The number of ether oxygens (including phenoxy) is 1. The molecule has 0 radical (unpaired) electrons. The average molecular weight is 419 g/mol. The van der Waals surface area contributed by atoms with Gasteiger partial charge in [0.15, 0.2) is 17.3 Å². The van der Waals surface area contributed by atoms with Gasteiger partial charge >= 0.3 is 0 Å². The number of benzene rings is 1. The summed E-state index contributed by atoms with van der Waals surface area (Å²) in [6.07, 6.45) is 3.33. The summed E-state index contributed by atoms with van der Waals surface area (Å²) in [5, 5.41) is 24.5. The molecule has 1 fully saturated rings. The van der Waals surface area contributed by atoms with E-state index in [1.54, 1.807) is 31.5 Å². The van der Waals surface area contributed by atoms with Crippen molar-refractivity contribution >= 4 is 29.0 Å². The lowest BCUT2D eigenvalue weighted by Crippen LogP contribution is -2.22. The van der Waals surface area contributed by atoms with Crippen LogP contribution in [0.25, 0.3) is 11.3 Å². The van der Waals surface area contributed by atoms with Gasteiger partial charge in [-0.1, -0.05) is 6.07 Å². The van der Waals surface area contributed by atoms with Crippen molar-refractivity contribution in [2.75, 3.05) is 24.8 Å². The zero-order valence-corrected chi connectivity index (χ0v) is 17.0. The standard InChI is InChI=1S/C21H21N7O3/c1-22-21(30)18-16(11-17(27-28-18)25-20(29)12-8-9-12)24-15-6-3-5-13(19(15)31-2)14-7-4-10-23-26-14/h3-7,10-12H,8-9H2,1-2H3,(H,22,30)(H2,24,25,27,29). The zero-order valence-electron chi connectivity index (χ0n) is 17.0. The maximum atomic E-state index is 12.3. The first-order valence-electron chi connectivity index (χ1n) is 9.73. The minimum absolute atomic E-state index is 0.0144. The lowest BCUT2D eigenvalue weighted by atomic mass is 10.1. The van der Waals surface area contributed by atoms with Crippen LogP contribution in [0.2, 0.25) is 0 Å². The fourth-order valence-electron chi connectivity index (χ4n) is 3.06. The molecule has 158 valence electrons. The minimum atomic E-state index is -0.417.